The maximum absolute atomic E-state index is 14.1. The molecule has 196 valence electrons. The van der Waals surface area contributed by atoms with E-state index in [0.29, 0.717) is 23.5 Å². The second-order valence-corrected chi connectivity index (χ2v) is 9.24. The minimum Gasteiger partial charge on any atom is -0.379 e. The Bertz CT molecular complexity index is 1100. The highest BCUT2D eigenvalue weighted by atomic mass is 32.1. The number of hydrogen-bond acceptors (Lipinski definition) is 3. The van der Waals surface area contributed by atoms with E-state index in [1.54, 1.807) is 24.3 Å². The van der Waals surface area contributed by atoms with Gasteiger partial charge in [0.1, 0.15) is 0 Å². The minimum atomic E-state index is -4.55. The van der Waals surface area contributed by atoms with E-state index in [2.05, 4.69) is 23.8 Å². The van der Waals surface area contributed by atoms with Crippen LogP contribution in [0.5, 0.6) is 0 Å². The summed E-state index contributed by atoms with van der Waals surface area (Å²) >= 11 is 1.60. The van der Waals surface area contributed by atoms with Gasteiger partial charge in [0.05, 0.1) is 22.7 Å². The van der Waals surface area contributed by atoms with Crippen LogP contribution >= 0.6 is 11.3 Å². The third-order valence-electron chi connectivity index (χ3n) is 5.20. The number of benzene rings is 1. The Balaban J connectivity index is 0.00000316. The number of hydrogen-bond donors (Lipinski definition) is 1. The second-order valence-electron chi connectivity index (χ2n) is 8.21. The standard InChI is InChI=1S/C28H33F3N2S.C2H6/c1-7-11-22-12-9-13-24(16-22)23(8-2)17-26(28(29,30)31)20(5)33-27(19(3)4)21(6)32-18-25-14-10-15-34-25;1-2/h8-10,12-17,32H,6-7,11,18H2,1-5H3;1-2H3/b23-8+,26-17+,33-20?;. The Labute approximate surface area is 219 Å². The zero-order chi connectivity index (χ0) is 27.3. The maximum Gasteiger partial charge on any atom is 0.418 e. The number of alkyl halides is 3. The van der Waals surface area contributed by atoms with Crippen molar-refractivity contribution in [2.24, 2.45) is 4.99 Å². The van der Waals surface area contributed by atoms with Crippen LogP contribution in [0.25, 0.3) is 5.57 Å². The number of thiophene rings is 1. The molecule has 1 aromatic carbocycles. The van der Waals surface area contributed by atoms with Crippen molar-refractivity contribution in [1.29, 1.82) is 0 Å². The highest BCUT2D eigenvalue weighted by molar-refractivity contribution is 7.09. The number of nitrogens with one attached hydrogen (secondary N) is 1. The number of halogens is 3. The van der Waals surface area contributed by atoms with Crippen molar-refractivity contribution in [3.8, 4) is 0 Å². The van der Waals surface area contributed by atoms with E-state index < -0.39 is 11.7 Å². The molecule has 2 aromatic rings. The highest BCUT2D eigenvalue weighted by Gasteiger charge is 2.36. The van der Waals surface area contributed by atoms with Gasteiger partial charge in [-0.15, -0.1) is 11.3 Å². The van der Waals surface area contributed by atoms with E-state index >= 15 is 0 Å². The molecule has 0 atom stereocenters. The molecule has 0 aliphatic heterocycles. The Kier molecular flexibility index (Phi) is 13.2. The van der Waals surface area contributed by atoms with Gasteiger partial charge in [0.2, 0.25) is 0 Å². The Morgan fingerprint density at radius 3 is 2.33 bits per heavy atom. The Hall–Kier alpha value is -2.86. The summed E-state index contributed by atoms with van der Waals surface area (Å²) in [5.74, 6) is 0. The van der Waals surface area contributed by atoms with Crippen LogP contribution in [-0.2, 0) is 13.0 Å². The number of nitrogens with zero attached hydrogens (tertiary/aromatic N) is 1. The first-order valence-corrected chi connectivity index (χ1v) is 13.2. The SMILES string of the molecule is C=C(NCc1cccs1)C(N=C(C)/C(=C\C(=C/C)c1cccc(CCC)c1)C(F)(F)F)=C(C)C.CC. The van der Waals surface area contributed by atoms with Crippen molar-refractivity contribution >= 4 is 22.6 Å². The molecule has 1 heterocycles. The Morgan fingerprint density at radius 1 is 1.11 bits per heavy atom. The molecular formula is C30H39F3N2S. The van der Waals surface area contributed by atoms with E-state index in [0.717, 1.165) is 34.4 Å². The molecule has 0 bridgehead atoms. The number of aryl methyl sites for hydroxylation is 1. The van der Waals surface area contributed by atoms with Crippen LogP contribution in [0, 0.1) is 0 Å². The molecule has 1 aromatic heterocycles. The van der Waals surface area contributed by atoms with Crippen LogP contribution in [0.1, 0.15) is 70.9 Å². The van der Waals surface area contributed by atoms with Crippen LogP contribution < -0.4 is 5.32 Å². The van der Waals surface area contributed by atoms with Gasteiger partial charge in [-0.2, -0.15) is 13.2 Å². The van der Waals surface area contributed by atoms with Gasteiger partial charge in [-0.1, -0.05) is 70.2 Å². The molecule has 0 amide bonds. The molecule has 6 heteroatoms. The molecule has 2 nitrogen and oxygen atoms in total. The molecule has 1 N–H and O–H groups in total. The molecule has 0 radical (unpaired) electrons. The quantitative estimate of drug-likeness (QED) is 0.247. The van der Waals surface area contributed by atoms with Crippen LogP contribution in [0.3, 0.4) is 0 Å². The van der Waals surface area contributed by atoms with Gasteiger partial charge in [0, 0.05) is 11.4 Å². The van der Waals surface area contributed by atoms with Gasteiger partial charge >= 0.3 is 6.18 Å². The largest absolute Gasteiger partial charge is 0.418 e. The maximum atomic E-state index is 14.1. The molecule has 0 aliphatic rings. The fourth-order valence-electron chi connectivity index (χ4n) is 3.47. The van der Waals surface area contributed by atoms with Crippen LogP contribution in [0.15, 0.2) is 88.0 Å². The van der Waals surface area contributed by atoms with Crippen molar-refractivity contribution in [3.63, 3.8) is 0 Å². The van der Waals surface area contributed by atoms with E-state index in [-0.39, 0.29) is 5.71 Å². The summed E-state index contributed by atoms with van der Waals surface area (Å²) in [6.07, 6.45) is 0.189. The van der Waals surface area contributed by atoms with E-state index in [1.807, 2.05) is 69.5 Å². The van der Waals surface area contributed by atoms with Crippen molar-refractivity contribution in [3.05, 3.63) is 99.1 Å². The summed E-state index contributed by atoms with van der Waals surface area (Å²) in [5, 5.41) is 5.16. The molecule has 0 aliphatic carbocycles. The topological polar surface area (TPSA) is 24.4 Å². The van der Waals surface area contributed by atoms with Gasteiger partial charge in [0.15, 0.2) is 0 Å². The van der Waals surface area contributed by atoms with Crippen LogP contribution in [0.2, 0.25) is 0 Å². The molecule has 0 fully saturated rings. The van der Waals surface area contributed by atoms with Gasteiger partial charge in [-0.05, 0) is 73.9 Å². The van der Waals surface area contributed by atoms with E-state index in [9.17, 15) is 13.2 Å². The van der Waals surface area contributed by atoms with Crippen molar-refractivity contribution < 1.29 is 13.2 Å². The highest BCUT2D eigenvalue weighted by Crippen LogP contribution is 2.31. The smallest absolute Gasteiger partial charge is 0.379 e. The summed E-state index contributed by atoms with van der Waals surface area (Å²) in [6.45, 7) is 17.4. The summed E-state index contributed by atoms with van der Waals surface area (Å²) in [6, 6.07) is 11.6. The number of allylic oxidation sites excluding steroid dienone is 5. The van der Waals surface area contributed by atoms with Crippen molar-refractivity contribution in [1.82, 2.24) is 5.32 Å². The predicted molar refractivity (Wildman–Crippen MR) is 151 cm³/mol. The van der Waals surface area contributed by atoms with Gasteiger partial charge in [0.25, 0.3) is 0 Å². The lowest BCUT2D eigenvalue weighted by Gasteiger charge is -2.16. The fraction of sp³-hybridized carbons (Fsp3) is 0.367. The summed E-state index contributed by atoms with van der Waals surface area (Å²) in [4.78, 5) is 5.50. The molecule has 2 rings (SSSR count). The lowest BCUT2D eigenvalue weighted by atomic mass is 9.97. The first kappa shape index (κ1) is 31.2. The van der Waals surface area contributed by atoms with Crippen LogP contribution in [-0.4, -0.2) is 11.9 Å². The summed E-state index contributed by atoms with van der Waals surface area (Å²) in [7, 11) is 0. The fourth-order valence-corrected chi connectivity index (χ4v) is 4.12. The minimum absolute atomic E-state index is 0.105. The van der Waals surface area contributed by atoms with Gasteiger partial charge in [-0.25, -0.2) is 0 Å². The molecular weight excluding hydrogens is 477 g/mol. The average molecular weight is 517 g/mol. The van der Waals surface area contributed by atoms with Crippen molar-refractivity contribution in [2.45, 2.75) is 74.0 Å². The van der Waals surface area contributed by atoms with Crippen LogP contribution in [0.4, 0.5) is 13.2 Å². The third kappa shape index (κ3) is 9.65. The molecule has 0 spiro atoms. The lowest BCUT2D eigenvalue weighted by Crippen LogP contribution is -2.20. The summed E-state index contributed by atoms with van der Waals surface area (Å²) in [5.41, 5.74) is 3.19. The molecule has 0 unspecified atom stereocenters. The zero-order valence-electron chi connectivity index (χ0n) is 22.5. The first-order valence-electron chi connectivity index (χ1n) is 12.3. The normalized spacial score (nSPS) is 12.6. The zero-order valence-corrected chi connectivity index (χ0v) is 23.3. The number of aliphatic imine (C=N–C) groups is 1. The molecule has 0 saturated heterocycles. The predicted octanol–water partition coefficient (Wildman–Crippen LogP) is 9.68. The van der Waals surface area contributed by atoms with E-state index in [4.69, 9.17) is 0 Å². The molecule has 0 saturated carbocycles. The van der Waals surface area contributed by atoms with Gasteiger partial charge < -0.3 is 5.32 Å². The third-order valence-corrected chi connectivity index (χ3v) is 6.08. The first-order chi connectivity index (χ1) is 17.1. The molecule has 36 heavy (non-hydrogen) atoms. The van der Waals surface area contributed by atoms with Crippen molar-refractivity contribution in [2.75, 3.05) is 0 Å². The number of rotatable bonds is 10. The van der Waals surface area contributed by atoms with E-state index in [1.165, 1.54) is 13.0 Å². The second kappa shape index (κ2) is 15.3. The monoisotopic (exact) mass is 516 g/mol. The average Bonchev–Trinajstić information content (AvgIpc) is 3.36. The Morgan fingerprint density at radius 2 is 1.81 bits per heavy atom. The lowest BCUT2D eigenvalue weighted by molar-refractivity contribution is -0.0860. The van der Waals surface area contributed by atoms with Gasteiger partial charge in [-0.3, -0.25) is 4.99 Å². The summed E-state index contributed by atoms with van der Waals surface area (Å²) < 4.78 is 42.4.